The molecule has 3 fully saturated rings. The fourth-order valence-corrected chi connectivity index (χ4v) is 2.25. The van der Waals surface area contributed by atoms with Crippen LogP contribution in [0.3, 0.4) is 0 Å². The fraction of sp³-hybridized carbons (Fsp3) is 0.778. The lowest BCUT2D eigenvalue weighted by Gasteiger charge is -2.42. The summed E-state index contributed by atoms with van der Waals surface area (Å²) in [5.74, 6) is 0.731. The Balaban J connectivity index is 2.15. The lowest BCUT2D eigenvalue weighted by molar-refractivity contribution is -0.138. The molecular weight excluding hydrogens is 154 g/mol. The average molecular weight is 167 g/mol. The van der Waals surface area contributed by atoms with Crippen LogP contribution in [0.1, 0.15) is 19.8 Å². The molecule has 3 nitrogen and oxygen atoms in total. The number of nitrogens with zero attached hydrogens (tertiary/aromatic N) is 1. The highest BCUT2D eigenvalue weighted by Gasteiger charge is 2.40. The largest absolute Gasteiger partial charge is 0.298 e. The molecule has 0 N–H and O–H groups in total. The molecule has 0 amide bonds. The third kappa shape index (κ3) is 1.08. The first kappa shape index (κ1) is 7.92. The molecule has 3 heterocycles. The molecule has 0 aliphatic carbocycles. The molecule has 0 spiro atoms. The van der Waals surface area contributed by atoms with Crippen LogP contribution >= 0.6 is 0 Å². The summed E-state index contributed by atoms with van der Waals surface area (Å²) in [6.45, 7) is 3.06. The van der Waals surface area contributed by atoms with Gasteiger partial charge in [0.15, 0.2) is 0 Å². The van der Waals surface area contributed by atoms with Crippen LogP contribution in [0.25, 0.3) is 0 Å². The molecule has 3 heteroatoms. The first-order valence-corrected chi connectivity index (χ1v) is 4.45. The lowest BCUT2D eigenvalue weighted by Crippen LogP contribution is -2.56. The third-order valence-corrected chi connectivity index (χ3v) is 3.00. The van der Waals surface area contributed by atoms with Gasteiger partial charge in [0.25, 0.3) is 0 Å². The van der Waals surface area contributed by atoms with E-state index in [1.807, 2.05) is 4.90 Å². The number of piperidine rings is 3. The summed E-state index contributed by atoms with van der Waals surface area (Å²) in [5, 5.41) is 0. The predicted molar refractivity (Wildman–Crippen MR) is 43.8 cm³/mol. The van der Waals surface area contributed by atoms with Gasteiger partial charge < -0.3 is 0 Å². The minimum Gasteiger partial charge on any atom is -0.298 e. The molecule has 3 aliphatic rings. The highest BCUT2D eigenvalue weighted by molar-refractivity contribution is 5.89. The molecule has 0 aromatic heterocycles. The van der Waals surface area contributed by atoms with Gasteiger partial charge in [-0.25, -0.2) is 0 Å². The van der Waals surface area contributed by atoms with Gasteiger partial charge >= 0.3 is 0 Å². The quantitative estimate of drug-likeness (QED) is 0.561. The van der Waals surface area contributed by atoms with Crippen LogP contribution in [0.2, 0.25) is 0 Å². The van der Waals surface area contributed by atoms with E-state index in [4.69, 9.17) is 0 Å². The predicted octanol–water partition coefficient (Wildman–Crippen LogP) is 0.239. The van der Waals surface area contributed by atoms with Crippen LogP contribution in [-0.4, -0.2) is 35.6 Å². The second kappa shape index (κ2) is 2.66. The van der Waals surface area contributed by atoms with Gasteiger partial charge in [0, 0.05) is 12.5 Å². The zero-order valence-corrected chi connectivity index (χ0v) is 7.25. The fourth-order valence-electron chi connectivity index (χ4n) is 2.25. The molecule has 3 unspecified atom stereocenters. The van der Waals surface area contributed by atoms with Gasteiger partial charge in [-0.1, -0.05) is 0 Å². The second-order valence-corrected chi connectivity index (χ2v) is 3.78. The molecule has 0 radical (unpaired) electrons. The molecule has 3 aliphatic heterocycles. The highest BCUT2D eigenvalue weighted by Crippen LogP contribution is 2.29. The molecular formula is C9H13NO2. The van der Waals surface area contributed by atoms with Crippen molar-refractivity contribution in [2.45, 2.75) is 25.8 Å². The SMILES string of the molecule is CC(=O)C1CC2CCN1CC2=O. The number of Topliss-reactive ketones (excluding diaryl/α,β-unsaturated/α-hetero) is 2. The summed E-state index contributed by atoms with van der Waals surface area (Å²) >= 11 is 0. The van der Waals surface area contributed by atoms with Crippen molar-refractivity contribution >= 4 is 11.6 Å². The maximum atomic E-state index is 11.3. The molecule has 3 saturated heterocycles. The summed E-state index contributed by atoms with van der Waals surface area (Å²) in [6.07, 6.45) is 1.73. The van der Waals surface area contributed by atoms with Gasteiger partial charge in [-0.05, 0) is 19.8 Å². The van der Waals surface area contributed by atoms with Crippen LogP contribution in [0, 0.1) is 5.92 Å². The number of carbonyl (C=O) groups is 2. The summed E-state index contributed by atoms with van der Waals surface area (Å²) < 4.78 is 0. The van der Waals surface area contributed by atoms with E-state index in [0.717, 1.165) is 19.4 Å². The van der Waals surface area contributed by atoms with E-state index in [1.54, 1.807) is 6.92 Å². The standard InChI is InChI=1S/C9H13NO2/c1-6(11)8-4-7-2-3-10(8)5-9(7)12/h7-8H,2-5H2,1H3. The van der Waals surface area contributed by atoms with Crippen molar-refractivity contribution in [3.8, 4) is 0 Å². The summed E-state index contributed by atoms with van der Waals surface area (Å²) in [4.78, 5) is 24.4. The van der Waals surface area contributed by atoms with E-state index >= 15 is 0 Å². The average Bonchev–Trinajstić information content (AvgIpc) is 2.04. The number of fused-ring (bicyclic) bond motifs is 3. The van der Waals surface area contributed by atoms with E-state index in [9.17, 15) is 9.59 Å². The van der Waals surface area contributed by atoms with E-state index in [-0.39, 0.29) is 17.7 Å². The highest BCUT2D eigenvalue weighted by atomic mass is 16.1. The zero-order chi connectivity index (χ0) is 8.72. The lowest BCUT2D eigenvalue weighted by atomic mass is 9.81. The monoisotopic (exact) mass is 167 g/mol. The van der Waals surface area contributed by atoms with E-state index in [0.29, 0.717) is 12.3 Å². The topological polar surface area (TPSA) is 37.4 Å². The Bertz CT molecular complexity index is 237. The summed E-state index contributed by atoms with van der Waals surface area (Å²) in [5.41, 5.74) is 0. The van der Waals surface area contributed by atoms with Crippen LogP contribution in [-0.2, 0) is 9.59 Å². The minimum absolute atomic E-state index is 0.0430. The minimum atomic E-state index is 0.0430. The van der Waals surface area contributed by atoms with E-state index < -0.39 is 0 Å². The molecule has 0 aromatic rings. The third-order valence-electron chi connectivity index (χ3n) is 3.00. The summed E-state index contributed by atoms with van der Waals surface area (Å²) in [7, 11) is 0. The van der Waals surface area contributed by atoms with Crippen molar-refractivity contribution in [3.63, 3.8) is 0 Å². The van der Waals surface area contributed by atoms with E-state index in [2.05, 4.69) is 0 Å². The number of hydrogen-bond acceptors (Lipinski definition) is 3. The Labute approximate surface area is 71.7 Å². The zero-order valence-electron chi connectivity index (χ0n) is 7.25. The smallest absolute Gasteiger partial charge is 0.150 e. The number of carbonyl (C=O) groups excluding carboxylic acids is 2. The number of hydrogen-bond donors (Lipinski definition) is 0. The maximum absolute atomic E-state index is 11.3. The summed E-state index contributed by atoms with van der Waals surface area (Å²) in [6, 6.07) is 0.0430. The molecule has 2 bridgehead atoms. The van der Waals surface area contributed by atoms with Crippen molar-refractivity contribution in [1.82, 2.24) is 4.90 Å². The van der Waals surface area contributed by atoms with Gasteiger partial charge in [0.1, 0.15) is 11.6 Å². The van der Waals surface area contributed by atoms with E-state index in [1.165, 1.54) is 0 Å². The Hall–Kier alpha value is -0.700. The normalized spacial score (nSPS) is 40.1. The van der Waals surface area contributed by atoms with Crippen LogP contribution in [0.5, 0.6) is 0 Å². The first-order valence-electron chi connectivity index (χ1n) is 4.45. The second-order valence-electron chi connectivity index (χ2n) is 3.78. The van der Waals surface area contributed by atoms with Crippen molar-refractivity contribution in [1.29, 1.82) is 0 Å². The van der Waals surface area contributed by atoms with Crippen molar-refractivity contribution in [3.05, 3.63) is 0 Å². The van der Waals surface area contributed by atoms with Gasteiger partial charge in [-0.15, -0.1) is 0 Å². The molecule has 66 valence electrons. The Morgan fingerprint density at radius 1 is 1.58 bits per heavy atom. The molecule has 12 heavy (non-hydrogen) atoms. The molecule has 3 atom stereocenters. The van der Waals surface area contributed by atoms with Gasteiger partial charge in [0.05, 0.1) is 12.6 Å². The Morgan fingerprint density at radius 2 is 2.33 bits per heavy atom. The molecule has 0 aromatic carbocycles. The van der Waals surface area contributed by atoms with Crippen LogP contribution < -0.4 is 0 Å². The number of ketones is 2. The maximum Gasteiger partial charge on any atom is 0.150 e. The molecule has 0 saturated carbocycles. The molecule has 3 rings (SSSR count). The van der Waals surface area contributed by atoms with Crippen LogP contribution in [0.4, 0.5) is 0 Å². The van der Waals surface area contributed by atoms with Gasteiger partial charge in [-0.2, -0.15) is 0 Å². The van der Waals surface area contributed by atoms with Crippen LogP contribution in [0.15, 0.2) is 0 Å². The van der Waals surface area contributed by atoms with Crippen molar-refractivity contribution < 1.29 is 9.59 Å². The first-order chi connectivity index (χ1) is 5.68. The Morgan fingerprint density at radius 3 is 2.75 bits per heavy atom. The Kier molecular flexibility index (Phi) is 1.76. The number of rotatable bonds is 1. The van der Waals surface area contributed by atoms with Crippen molar-refractivity contribution in [2.75, 3.05) is 13.1 Å². The van der Waals surface area contributed by atoms with Gasteiger partial charge in [-0.3, -0.25) is 14.5 Å². The van der Waals surface area contributed by atoms with Crippen molar-refractivity contribution in [2.24, 2.45) is 5.92 Å². The van der Waals surface area contributed by atoms with Gasteiger partial charge in [0.2, 0.25) is 0 Å².